The summed E-state index contributed by atoms with van der Waals surface area (Å²) in [5.41, 5.74) is 3.14. The zero-order chi connectivity index (χ0) is 12.3. The average Bonchev–Trinajstić information content (AvgIpc) is 3.15. The normalized spacial score (nSPS) is 14.7. The van der Waals surface area contributed by atoms with Crippen molar-refractivity contribution in [3.8, 4) is 0 Å². The highest BCUT2D eigenvalue weighted by Crippen LogP contribution is 2.33. The predicted molar refractivity (Wildman–Crippen MR) is 68.8 cm³/mol. The third-order valence-electron chi connectivity index (χ3n) is 3.19. The Bertz CT molecular complexity index is 399. The fourth-order valence-corrected chi connectivity index (χ4v) is 2.15. The van der Waals surface area contributed by atoms with E-state index in [-0.39, 0.29) is 0 Å². The van der Waals surface area contributed by atoms with E-state index in [9.17, 15) is 4.79 Å². The Morgan fingerprint density at radius 3 is 2.76 bits per heavy atom. The summed E-state index contributed by atoms with van der Waals surface area (Å²) < 4.78 is 5.16. The molecule has 2 rings (SSSR count). The molecule has 0 radical (unpaired) electrons. The molecule has 1 aromatic rings. The molecule has 0 aliphatic heterocycles. The van der Waals surface area contributed by atoms with E-state index in [2.05, 4.69) is 11.8 Å². The first-order valence-electron chi connectivity index (χ1n) is 6.07. The summed E-state index contributed by atoms with van der Waals surface area (Å²) in [6.07, 6.45) is 3.42. The molecule has 1 aliphatic carbocycles. The topological polar surface area (TPSA) is 29.5 Å². The summed E-state index contributed by atoms with van der Waals surface area (Å²) >= 11 is 0. The van der Waals surface area contributed by atoms with Crippen LogP contribution in [0.2, 0.25) is 0 Å². The molecule has 0 atom stereocenters. The van der Waals surface area contributed by atoms with Crippen LogP contribution in [0.3, 0.4) is 0 Å². The van der Waals surface area contributed by atoms with Crippen LogP contribution >= 0.6 is 0 Å². The summed E-state index contributed by atoms with van der Waals surface area (Å²) in [4.78, 5) is 13.1. The van der Waals surface area contributed by atoms with Crippen molar-refractivity contribution in [2.75, 3.05) is 25.2 Å². The number of hydrogen-bond donors (Lipinski definition) is 0. The van der Waals surface area contributed by atoms with Gasteiger partial charge in [0.15, 0.2) is 0 Å². The van der Waals surface area contributed by atoms with Gasteiger partial charge in [-0.05, 0) is 43.5 Å². The van der Waals surface area contributed by atoms with Crippen molar-refractivity contribution >= 4 is 12.0 Å². The molecular formula is C14H19NO2. The highest BCUT2D eigenvalue weighted by Gasteiger charge is 2.29. The van der Waals surface area contributed by atoms with Gasteiger partial charge in [-0.15, -0.1) is 0 Å². The highest BCUT2D eigenvalue weighted by atomic mass is 16.5. The molecular weight excluding hydrogens is 214 g/mol. The number of aldehydes is 1. The minimum absolute atomic E-state index is 0.658. The Kier molecular flexibility index (Phi) is 3.79. The van der Waals surface area contributed by atoms with E-state index in [0.29, 0.717) is 6.04 Å². The number of carbonyl (C=O) groups is 1. The van der Waals surface area contributed by atoms with Crippen LogP contribution in [0.25, 0.3) is 0 Å². The molecule has 0 bridgehead atoms. The third-order valence-corrected chi connectivity index (χ3v) is 3.19. The third kappa shape index (κ3) is 2.86. The lowest BCUT2D eigenvalue weighted by Crippen LogP contribution is -2.30. The number of benzene rings is 1. The lowest BCUT2D eigenvalue weighted by atomic mass is 10.1. The van der Waals surface area contributed by atoms with E-state index >= 15 is 0 Å². The zero-order valence-electron chi connectivity index (χ0n) is 10.5. The Morgan fingerprint density at radius 2 is 2.24 bits per heavy atom. The number of anilines is 1. The Balaban J connectivity index is 2.19. The molecule has 0 unspecified atom stereocenters. The highest BCUT2D eigenvalue weighted by molar-refractivity contribution is 5.77. The molecule has 0 saturated heterocycles. The Morgan fingerprint density at radius 1 is 1.47 bits per heavy atom. The maximum absolute atomic E-state index is 10.7. The van der Waals surface area contributed by atoms with Gasteiger partial charge in [0.25, 0.3) is 0 Å². The smallest absolute Gasteiger partial charge is 0.150 e. The number of rotatable bonds is 6. The van der Waals surface area contributed by atoms with Crippen molar-refractivity contribution in [1.29, 1.82) is 0 Å². The number of carbonyl (C=O) groups excluding carboxylic acids is 1. The summed E-state index contributed by atoms with van der Waals surface area (Å²) in [6, 6.07) is 6.54. The van der Waals surface area contributed by atoms with Crippen LogP contribution in [0.15, 0.2) is 18.2 Å². The molecule has 1 aliphatic rings. The van der Waals surface area contributed by atoms with E-state index in [1.165, 1.54) is 18.5 Å². The fraction of sp³-hybridized carbons (Fsp3) is 0.500. The standard InChI is InChI=1S/C14H19NO2/c1-11-9-12(10-16)3-6-14(11)15(7-8-17-2)13-4-5-13/h3,6,9-10,13H,4-5,7-8H2,1-2H3. The van der Waals surface area contributed by atoms with Gasteiger partial charge in [0.1, 0.15) is 6.29 Å². The van der Waals surface area contributed by atoms with Crippen molar-refractivity contribution in [3.63, 3.8) is 0 Å². The van der Waals surface area contributed by atoms with Crippen LogP contribution in [-0.4, -0.2) is 32.6 Å². The van der Waals surface area contributed by atoms with Crippen molar-refractivity contribution in [1.82, 2.24) is 0 Å². The molecule has 0 amide bonds. The van der Waals surface area contributed by atoms with Gasteiger partial charge in [-0.2, -0.15) is 0 Å². The maximum Gasteiger partial charge on any atom is 0.150 e. The number of methoxy groups -OCH3 is 1. The lowest BCUT2D eigenvalue weighted by molar-refractivity contribution is 0.112. The van der Waals surface area contributed by atoms with Gasteiger partial charge in [-0.25, -0.2) is 0 Å². The van der Waals surface area contributed by atoms with Crippen LogP contribution in [0.5, 0.6) is 0 Å². The molecule has 0 spiro atoms. The first-order chi connectivity index (χ1) is 8.26. The number of nitrogens with zero attached hydrogens (tertiary/aromatic N) is 1. The summed E-state index contributed by atoms with van der Waals surface area (Å²) in [5, 5.41) is 0. The van der Waals surface area contributed by atoms with Gasteiger partial charge in [0.05, 0.1) is 6.61 Å². The number of aryl methyl sites for hydroxylation is 1. The fourth-order valence-electron chi connectivity index (χ4n) is 2.15. The van der Waals surface area contributed by atoms with Crippen LogP contribution in [-0.2, 0) is 4.74 Å². The molecule has 1 aromatic carbocycles. The van der Waals surface area contributed by atoms with E-state index in [0.717, 1.165) is 30.6 Å². The molecule has 0 N–H and O–H groups in total. The van der Waals surface area contributed by atoms with Crippen LogP contribution in [0.4, 0.5) is 5.69 Å². The largest absolute Gasteiger partial charge is 0.383 e. The van der Waals surface area contributed by atoms with Gasteiger partial charge in [-0.1, -0.05) is 0 Å². The second-order valence-electron chi connectivity index (χ2n) is 4.58. The Hall–Kier alpha value is -1.35. The molecule has 1 saturated carbocycles. The van der Waals surface area contributed by atoms with Gasteiger partial charge in [-0.3, -0.25) is 4.79 Å². The number of ether oxygens (including phenoxy) is 1. The van der Waals surface area contributed by atoms with E-state index in [1.807, 2.05) is 18.2 Å². The lowest BCUT2D eigenvalue weighted by Gasteiger charge is -2.26. The summed E-state index contributed by atoms with van der Waals surface area (Å²) in [6.45, 7) is 3.72. The Labute approximate surface area is 102 Å². The molecule has 3 nitrogen and oxygen atoms in total. The van der Waals surface area contributed by atoms with Crippen LogP contribution in [0, 0.1) is 6.92 Å². The molecule has 17 heavy (non-hydrogen) atoms. The molecule has 92 valence electrons. The minimum atomic E-state index is 0.658. The van der Waals surface area contributed by atoms with Crippen molar-refractivity contribution < 1.29 is 9.53 Å². The summed E-state index contributed by atoms with van der Waals surface area (Å²) in [7, 11) is 1.73. The number of hydrogen-bond acceptors (Lipinski definition) is 3. The van der Waals surface area contributed by atoms with Crippen LogP contribution in [0.1, 0.15) is 28.8 Å². The quantitative estimate of drug-likeness (QED) is 0.707. The van der Waals surface area contributed by atoms with Gasteiger partial charge in [0.2, 0.25) is 0 Å². The van der Waals surface area contributed by atoms with E-state index in [1.54, 1.807) is 7.11 Å². The molecule has 1 fully saturated rings. The van der Waals surface area contributed by atoms with Crippen molar-refractivity contribution in [3.05, 3.63) is 29.3 Å². The predicted octanol–water partition coefficient (Wildman–Crippen LogP) is 2.42. The summed E-state index contributed by atoms with van der Waals surface area (Å²) in [5.74, 6) is 0. The zero-order valence-corrected chi connectivity index (χ0v) is 10.5. The van der Waals surface area contributed by atoms with E-state index in [4.69, 9.17) is 4.74 Å². The van der Waals surface area contributed by atoms with Crippen molar-refractivity contribution in [2.24, 2.45) is 0 Å². The average molecular weight is 233 g/mol. The first kappa shape index (κ1) is 12.1. The first-order valence-corrected chi connectivity index (χ1v) is 6.07. The van der Waals surface area contributed by atoms with Crippen molar-refractivity contribution in [2.45, 2.75) is 25.8 Å². The molecule has 3 heteroatoms. The van der Waals surface area contributed by atoms with Gasteiger partial charge < -0.3 is 9.64 Å². The monoisotopic (exact) mass is 233 g/mol. The molecule has 0 aromatic heterocycles. The van der Waals surface area contributed by atoms with Crippen LogP contribution < -0.4 is 4.90 Å². The van der Waals surface area contributed by atoms with Gasteiger partial charge in [0, 0.05) is 30.9 Å². The second kappa shape index (κ2) is 5.32. The molecule has 0 heterocycles. The minimum Gasteiger partial charge on any atom is -0.383 e. The maximum atomic E-state index is 10.7. The SMILES string of the molecule is COCCN(c1ccc(C=O)cc1C)C1CC1. The second-order valence-corrected chi connectivity index (χ2v) is 4.58. The van der Waals surface area contributed by atoms with E-state index < -0.39 is 0 Å². The van der Waals surface area contributed by atoms with Gasteiger partial charge >= 0.3 is 0 Å².